The molecule has 1 fully saturated rings. The topological polar surface area (TPSA) is 61.6 Å². The standard InChI is InChI=1S/C26H30N4O3/c1-18(30-10-5-4-6-11-30)16-32-25-15-22-21(14-24(25)31-3)26(28-17-27-22)33-20-7-8-23-19(13-20)9-12-29(23)2/h7-9,12-15,17-18H,4-6,10-11,16H2,1-3H3. The van der Waals surface area contributed by atoms with E-state index >= 15 is 0 Å². The Bertz CT molecular complexity index is 1260. The first-order valence-electron chi connectivity index (χ1n) is 11.5. The number of nitrogens with zero attached hydrogens (tertiary/aromatic N) is 4. The summed E-state index contributed by atoms with van der Waals surface area (Å²) in [5.74, 6) is 2.54. The van der Waals surface area contributed by atoms with Crippen molar-refractivity contribution in [3.8, 4) is 23.1 Å². The number of likely N-dealkylation sites (tertiary alicyclic amines) is 1. The number of fused-ring (bicyclic) bond motifs is 2. The van der Waals surface area contributed by atoms with Crippen LogP contribution in [0.4, 0.5) is 0 Å². The van der Waals surface area contributed by atoms with Gasteiger partial charge in [-0.05, 0) is 63.2 Å². The van der Waals surface area contributed by atoms with Crippen molar-refractivity contribution in [2.24, 2.45) is 7.05 Å². The summed E-state index contributed by atoms with van der Waals surface area (Å²) in [6, 6.07) is 12.2. The Labute approximate surface area is 193 Å². The highest BCUT2D eigenvalue weighted by molar-refractivity contribution is 5.87. The minimum atomic E-state index is 0.350. The Morgan fingerprint density at radius 1 is 1.00 bits per heavy atom. The SMILES string of the molecule is COc1cc2c(Oc3ccc4c(ccn4C)c3)ncnc2cc1OCC(C)N1CCCCC1. The van der Waals surface area contributed by atoms with Gasteiger partial charge in [0.05, 0.1) is 18.0 Å². The van der Waals surface area contributed by atoms with E-state index in [9.17, 15) is 0 Å². The van der Waals surface area contributed by atoms with Gasteiger partial charge in [0.1, 0.15) is 18.7 Å². The summed E-state index contributed by atoms with van der Waals surface area (Å²) in [5.41, 5.74) is 1.90. The van der Waals surface area contributed by atoms with Gasteiger partial charge in [-0.2, -0.15) is 0 Å². The van der Waals surface area contributed by atoms with E-state index in [0.717, 1.165) is 40.6 Å². The quantitative estimate of drug-likeness (QED) is 0.390. The highest BCUT2D eigenvalue weighted by Gasteiger charge is 2.19. The minimum absolute atomic E-state index is 0.350. The van der Waals surface area contributed by atoms with Crippen LogP contribution in [0.5, 0.6) is 23.1 Å². The fourth-order valence-corrected chi connectivity index (χ4v) is 4.50. The van der Waals surface area contributed by atoms with Crippen molar-refractivity contribution in [1.82, 2.24) is 19.4 Å². The number of piperidine rings is 1. The predicted octanol–water partition coefficient (Wildman–Crippen LogP) is 5.18. The van der Waals surface area contributed by atoms with Gasteiger partial charge in [-0.1, -0.05) is 6.42 Å². The molecule has 1 atom stereocenters. The van der Waals surface area contributed by atoms with Gasteiger partial charge in [0.2, 0.25) is 5.88 Å². The van der Waals surface area contributed by atoms with E-state index in [0.29, 0.717) is 30.0 Å². The van der Waals surface area contributed by atoms with E-state index in [-0.39, 0.29) is 0 Å². The molecule has 1 aliphatic rings. The zero-order valence-electron chi connectivity index (χ0n) is 19.5. The molecule has 0 spiro atoms. The lowest BCUT2D eigenvalue weighted by atomic mass is 10.1. The number of hydrogen-bond donors (Lipinski definition) is 0. The van der Waals surface area contributed by atoms with Crippen LogP contribution in [0.3, 0.4) is 0 Å². The number of methoxy groups -OCH3 is 1. The lowest BCUT2D eigenvalue weighted by molar-refractivity contribution is 0.123. The van der Waals surface area contributed by atoms with Crippen molar-refractivity contribution < 1.29 is 14.2 Å². The molecule has 1 saturated heterocycles. The van der Waals surface area contributed by atoms with E-state index in [1.165, 1.54) is 25.6 Å². The molecule has 0 saturated carbocycles. The lowest BCUT2D eigenvalue weighted by Gasteiger charge is -2.32. The van der Waals surface area contributed by atoms with Gasteiger partial charge in [-0.25, -0.2) is 9.97 Å². The first kappa shape index (κ1) is 21.5. The smallest absolute Gasteiger partial charge is 0.230 e. The monoisotopic (exact) mass is 446 g/mol. The largest absolute Gasteiger partial charge is 0.493 e. The zero-order valence-corrected chi connectivity index (χ0v) is 19.5. The average Bonchev–Trinajstić information content (AvgIpc) is 3.22. The van der Waals surface area contributed by atoms with E-state index in [1.807, 2.05) is 43.6 Å². The lowest BCUT2D eigenvalue weighted by Crippen LogP contribution is -2.40. The van der Waals surface area contributed by atoms with Crippen molar-refractivity contribution in [3.63, 3.8) is 0 Å². The number of hydrogen-bond acceptors (Lipinski definition) is 6. The summed E-state index contributed by atoms with van der Waals surface area (Å²) in [4.78, 5) is 11.3. The first-order valence-corrected chi connectivity index (χ1v) is 11.5. The minimum Gasteiger partial charge on any atom is -0.493 e. The number of rotatable bonds is 7. The van der Waals surface area contributed by atoms with Crippen molar-refractivity contribution in [2.45, 2.75) is 32.2 Å². The summed E-state index contributed by atoms with van der Waals surface area (Å²) in [7, 11) is 3.68. The fraction of sp³-hybridized carbons (Fsp3) is 0.385. The molecular formula is C26H30N4O3. The van der Waals surface area contributed by atoms with Crippen LogP contribution in [0.1, 0.15) is 26.2 Å². The van der Waals surface area contributed by atoms with Crippen LogP contribution in [0.2, 0.25) is 0 Å². The molecule has 0 bridgehead atoms. The molecule has 5 rings (SSSR count). The molecule has 1 aliphatic heterocycles. The summed E-state index contributed by atoms with van der Waals surface area (Å²) < 4.78 is 20.1. The third-order valence-electron chi connectivity index (χ3n) is 6.45. The summed E-state index contributed by atoms with van der Waals surface area (Å²) in [5, 5.41) is 1.89. The fourth-order valence-electron chi connectivity index (χ4n) is 4.50. The van der Waals surface area contributed by atoms with Crippen LogP contribution in [0.15, 0.2) is 48.9 Å². The highest BCUT2D eigenvalue weighted by Crippen LogP contribution is 2.36. The molecule has 0 aliphatic carbocycles. The Balaban J connectivity index is 1.39. The number of ether oxygens (including phenoxy) is 3. The second-order valence-corrected chi connectivity index (χ2v) is 8.71. The molecule has 33 heavy (non-hydrogen) atoms. The molecule has 2 aromatic heterocycles. The molecule has 0 amide bonds. The second kappa shape index (κ2) is 9.27. The molecule has 1 unspecified atom stereocenters. The first-order chi connectivity index (χ1) is 16.1. The van der Waals surface area contributed by atoms with E-state index < -0.39 is 0 Å². The molecule has 4 aromatic rings. The third kappa shape index (κ3) is 4.46. The van der Waals surface area contributed by atoms with Crippen LogP contribution in [0, 0.1) is 0 Å². The van der Waals surface area contributed by atoms with Gasteiger partial charge >= 0.3 is 0 Å². The van der Waals surface area contributed by atoms with Gasteiger partial charge in [0, 0.05) is 36.3 Å². The maximum Gasteiger partial charge on any atom is 0.230 e. The average molecular weight is 447 g/mol. The van der Waals surface area contributed by atoms with Crippen LogP contribution in [-0.2, 0) is 7.05 Å². The molecule has 2 aromatic carbocycles. The Morgan fingerprint density at radius 3 is 2.67 bits per heavy atom. The van der Waals surface area contributed by atoms with E-state index in [1.54, 1.807) is 7.11 Å². The Hall–Kier alpha value is -3.32. The normalized spacial score (nSPS) is 15.6. The van der Waals surface area contributed by atoms with E-state index in [2.05, 4.69) is 32.4 Å². The predicted molar refractivity (Wildman–Crippen MR) is 129 cm³/mol. The highest BCUT2D eigenvalue weighted by atomic mass is 16.5. The van der Waals surface area contributed by atoms with Crippen LogP contribution in [-0.4, -0.2) is 52.3 Å². The molecular weight excluding hydrogens is 416 g/mol. The van der Waals surface area contributed by atoms with Crippen LogP contribution < -0.4 is 14.2 Å². The Kier molecular flexibility index (Phi) is 6.05. The van der Waals surface area contributed by atoms with Crippen LogP contribution >= 0.6 is 0 Å². The summed E-state index contributed by atoms with van der Waals surface area (Å²) >= 11 is 0. The number of aromatic nitrogens is 3. The van der Waals surface area contributed by atoms with Crippen LogP contribution in [0.25, 0.3) is 21.8 Å². The second-order valence-electron chi connectivity index (χ2n) is 8.71. The number of aryl methyl sites for hydroxylation is 1. The molecule has 3 heterocycles. The molecule has 172 valence electrons. The van der Waals surface area contributed by atoms with Gasteiger partial charge in [0.15, 0.2) is 11.5 Å². The van der Waals surface area contributed by atoms with Gasteiger partial charge in [-0.15, -0.1) is 0 Å². The molecule has 0 radical (unpaired) electrons. The van der Waals surface area contributed by atoms with Crippen molar-refractivity contribution in [1.29, 1.82) is 0 Å². The van der Waals surface area contributed by atoms with Gasteiger partial charge in [-0.3, -0.25) is 4.90 Å². The van der Waals surface area contributed by atoms with Crippen molar-refractivity contribution in [3.05, 3.63) is 48.9 Å². The van der Waals surface area contributed by atoms with Crippen molar-refractivity contribution in [2.75, 3.05) is 26.8 Å². The maximum atomic E-state index is 6.19. The third-order valence-corrected chi connectivity index (χ3v) is 6.45. The molecule has 7 nitrogen and oxygen atoms in total. The summed E-state index contributed by atoms with van der Waals surface area (Å²) in [6.07, 6.45) is 7.41. The Morgan fingerprint density at radius 2 is 1.85 bits per heavy atom. The number of benzene rings is 2. The molecule has 0 N–H and O–H groups in total. The zero-order chi connectivity index (χ0) is 22.8. The molecule has 7 heteroatoms. The van der Waals surface area contributed by atoms with E-state index in [4.69, 9.17) is 14.2 Å². The van der Waals surface area contributed by atoms with Crippen molar-refractivity contribution >= 4 is 21.8 Å². The maximum absolute atomic E-state index is 6.19. The van der Waals surface area contributed by atoms with Gasteiger partial charge < -0.3 is 18.8 Å². The van der Waals surface area contributed by atoms with Gasteiger partial charge in [0.25, 0.3) is 0 Å². The summed E-state index contributed by atoms with van der Waals surface area (Å²) in [6.45, 7) is 5.11.